The van der Waals surface area contributed by atoms with Gasteiger partial charge in [-0.25, -0.2) is 4.79 Å². The second kappa shape index (κ2) is 11.2. The van der Waals surface area contributed by atoms with Crippen LogP contribution in [0.2, 0.25) is 0 Å². The van der Waals surface area contributed by atoms with Gasteiger partial charge in [-0.2, -0.15) is 0 Å². The van der Waals surface area contributed by atoms with Crippen LogP contribution < -0.4 is 6.15 Å². The lowest BCUT2D eigenvalue weighted by molar-refractivity contribution is -0.137. The number of hydrogen-bond acceptors (Lipinski definition) is 3. The Kier molecular flexibility index (Phi) is 8.48. The second-order valence-corrected chi connectivity index (χ2v) is 11.0. The molecule has 0 amide bonds. The average Bonchev–Trinajstić information content (AvgIpc) is 3.17. The Hall–Kier alpha value is -3.90. The number of aromatic carboxylic acids is 1. The molecule has 0 saturated carbocycles. The maximum atomic E-state index is 12.6. The van der Waals surface area contributed by atoms with Crippen LogP contribution in [0.1, 0.15) is 80.6 Å². The van der Waals surface area contributed by atoms with Gasteiger partial charge in [-0.05, 0) is 76.3 Å². The number of aliphatic carboxylic acids is 1. The Morgan fingerprint density at radius 3 is 2.00 bits per heavy atom. The summed E-state index contributed by atoms with van der Waals surface area (Å²) in [6.07, 6.45) is 0.724. The standard InChI is InChI=1S/C32H35NO4.H3N/c1-20(2)21-11-16-25(17-12-21)33-28-18-13-23(22-9-14-24(15-10-22)32(3,4)5)19-27(28)26(30(33)31(36)37)7-6-8-29(34)35;/h9-20H,6-8H2,1-5H3,(H,34,35)(H,36,37);1H3. The van der Waals surface area contributed by atoms with Gasteiger partial charge in [-0.3, -0.25) is 4.79 Å². The number of hydrogen-bond donors (Lipinski definition) is 3. The Labute approximate surface area is 224 Å². The summed E-state index contributed by atoms with van der Waals surface area (Å²) in [6.45, 7) is 10.8. The highest BCUT2D eigenvalue weighted by Gasteiger charge is 2.24. The molecule has 1 aromatic heterocycles. The largest absolute Gasteiger partial charge is 0.481 e. The molecule has 0 unspecified atom stereocenters. The van der Waals surface area contributed by atoms with Crippen LogP contribution in [0.5, 0.6) is 0 Å². The van der Waals surface area contributed by atoms with Crippen molar-refractivity contribution < 1.29 is 19.8 Å². The molecule has 0 aliphatic heterocycles. The fourth-order valence-electron chi connectivity index (χ4n) is 4.87. The highest BCUT2D eigenvalue weighted by molar-refractivity contribution is 6.01. The number of aromatic nitrogens is 1. The molecule has 4 rings (SSSR count). The van der Waals surface area contributed by atoms with E-state index in [4.69, 9.17) is 0 Å². The molecule has 0 aliphatic carbocycles. The van der Waals surface area contributed by atoms with Gasteiger partial charge in [0.15, 0.2) is 0 Å². The molecule has 0 aliphatic rings. The Morgan fingerprint density at radius 1 is 0.868 bits per heavy atom. The van der Waals surface area contributed by atoms with Gasteiger partial charge in [0.2, 0.25) is 0 Å². The third kappa shape index (κ3) is 5.81. The minimum Gasteiger partial charge on any atom is -0.481 e. The molecule has 200 valence electrons. The van der Waals surface area contributed by atoms with Crippen LogP contribution >= 0.6 is 0 Å². The van der Waals surface area contributed by atoms with Crippen LogP contribution in [0.4, 0.5) is 0 Å². The highest BCUT2D eigenvalue weighted by Crippen LogP contribution is 2.35. The van der Waals surface area contributed by atoms with Crippen LogP contribution in [0.25, 0.3) is 27.7 Å². The molecule has 38 heavy (non-hydrogen) atoms. The van der Waals surface area contributed by atoms with Crippen LogP contribution in [0.3, 0.4) is 0 Å². The van der Waals surface area contributed by atoms with Crippen molar-refractivity contribution in [1.82, 2.24) is 10.7 Å². The lowest BCUT2D eigenvalue weighted by Crippen LogP contribution is -2.10. The van der Waals surface area contributed by atoms with E-state index in [1.807, 2.05) is 42.5 Å². The van der Waals surface area contributed by atoms with Crippen molar-refractivity contribution in [3.63, 3.8) is 0 Å². The normalized spacial score (nSPS) is 11.5. The zero-order valence-corrected chi connectivity index (χ0v) is 22.9. The lowest BCUT2D eigenvalue weighted by atomic mass is 9.86. The average molecular weight is 515 g/mol. The number of fused-ring (bicyclic) bond motifs is 1. The van der Waals surface area contributed by atoms with E-state index in [0.29, 0.717) is 24.3 Å². The first-order valence-corrected chi connectivity index (χ1v) is 12.8. The molecule has 0 spiro atoms. The third-order valence-electron chi connectivity index (χ3n) is 6.99. The monoisotopic (exact) mass is 514 g/mol. The summed E-state index contributed by atoms with van der Waals surface area (Å²) in [5, 5.41) is 20.3. The first-order valence-electron chi connectivity index (χ1n) is 12.8. The zero-order valence-electron chi connectivity index (χ0n) is 22.9. The summed E-state index contributed by atoms with van der Waals surface area (Å²) in [7, 11) is 0. The Morgan fingerprint density at radius 2 is 1.47 bits per heavy atom. The van der Waals surface area contributed by atoms with Crippen LogP contribution in [0.15, 0.2) is 66.7 Å². The predicted octanol–water partition coefficient (Wildman–Crippen LogP) is 7.99. The smallest absolute Gasteiger partial charge is 0.353 e. The van der Waals surface area contributed by atoms with Gasteiger partial charge in [-0.15, -0.1) is 0 Å². The van der Waals surface area contributed by atoms with Gasteiger partial charge < -0.3 is 20.9 Å². The second-order valence-electron chi connectivity index (χ2n) is 11.0. The molecular weight excluding hydrogens is 476 g/mol. The maximum absolute atomic E-state index is 12.6. The molecule has 0 bridgehead atoms. The van der Waals surface area contributed by atoms with E-state index in [0.717, 1.165) is 27.7 Å². The predicted molar refractivity (Wildman–Crippen MR) is 154 cm³/mol. The van der Waals surface area contributed by atoms with E-state index < -0.39 is 11.9 Å². The molecule has 0 radical (unpaired) electrons. The van der Waals surface area contributed by atoms with E-state index >= 15 is 0 Å². The van der Waals surface area contributed by atoms with E-state index in [2.05, 4.69) is 58.9 Å². The van der Waals surface area contributed by atoms with Gasteiger partial charge in [0.1, 0.15) is 5.69 Å². The van der Waals surface area contributed by atoms with Gasteiger partial charge in [-0.1, -0.05) is 77.1 Å². The van der Waals surface area contributed by atoms with Crippen molar-refractivity contribution in [3.8, 4) is 16.8 Å². The van der Waals surface area contributed by atoms with E-state index in [1.54, 1.807) is 4.57 Å². The van der Waals surface area contributed by atoms with Gasteiger partial charge in [0.05, 0.1) is 5.52 Å². The number of carboxylic acids is 2. The highest BCUT2D eigenvalue weighted by atomic mass is 16.4. The third-order valence-corrected chi connectivity index (χ3v) is 6.99. The molecule has 0 fully saturated rings. The number of carboxylic acid groups (broad SMARTS) is 2. The topological polar surface area (TPSA) is 115 Å². The number of benzene rings is 3. The molecule has 0 atom stereocenters. The minimum absolute atomic E-state index is 0. The maximum Gasteiger partial charge on any atom is 0.353 e. The fourth-order valence-corrected chi connectivity index (χ4v) is 4.87. The molecule has 6 nitrogen and oxygen atoms in total. The van der Waals surface area contributed by atoms with Gasteiger partial charge >= 0.3 is 11.9 Å². The minimum atomic E-state index is -1.02. The molecule has 0 saturated heterocycles. The van der Waals surface area contributed by atoms with Crippen LogP contribution in [0, 0.1) is 0 Å². The van der Waals surface area contributed by atoms with Crippen molar-refractivity contribution in [2.75, 3.05) is 0 Å². The van der Waals surface area contributed by atoms with Crippen molar-refractivity contribution in [2.45, 2.75) is 65.2 Å². The van der Waals surface area contributed by atoms with Crippen LogP contribution in [-0.4, -0.2) is 26.7 Å². The Bertz CT molecular complexity index is 1440. The number of aryl methyl sites for hydroxylation is 1. The van der Waals surface area contributed by atoms with E-state index in [-0.39, 0.29) is 23.7 Å². The van der Waals surface area contributed by atoms with Crippen molar-refractivity contribution in [3.05, 3.63) is 89.1 Å². The van der Waals surface area contributed by atoms with Crippen LogP contribution in [-0.2, 0) is 16.6 Å². The molecular formula is C32H38N2O4. The summed E-state index contributed by atoms with van der Waals surface area (Å²) in [5.41, 5.74) is 6.97. The molecule has 5 N–H and O–H groups in total. The molecule has 6 heteroatoms. The van der Waals surface area contributed by atoms with E-state index in [1.165, 1.54) is 11.1 Å². The summed E-state index contributed by atoms with van der Waals surface area (Å²) in [4.78, 5) is 23.8. The quantitative estimate of drug-likeness (QED) is 0.220. The van der Waals surface area contributed by atoms with E-state index in [9.17, 15) is 19.8 Å². The Balaban J connectivity index is 0.00000400. The van der Waals surface area contributed by atoms with Crippen molar-refractivity contribution in [1.29, 1.82) is 0 Å². The SMILES string of the molecule is CC(C)c1ccc(-n2c(C(=O)O)c(CCCC(=O)O)c3cc(-c4ccc(C(C)(C)C)cc4)ccc32)cc1.N. The summed E-state index contributed by atoms with van der Waals surface area (Å²) < 4.78 is 1.80. The molecule has 1 heterocycles. The number of carbonyl (C=O) groups is 2. The first-order chi connectivity index (χ1) is 17.5. The number of nitrogens with zero attached hydrogens (tertiary/aromatic N) is 1. The fraction of sp³-hybridized carbons (Fsp3) is 0.312. The summed E-state index contributed by atoms with van der Waals surface area (Å²) in [5.74, 6) is -1.54. The molecule has 4 aromatic rings. The van der Waals surface area contributed by atoms with Gasteiger partial charge in [0.25, 0.3) is 0 Å². The summed E-state index contributed by atoms with van der Waals surface area (Å²) in [6, 6.07) is 22.5. The van der Waals surface area contributed by atoms with Crippen molar-refractivity contribution >= 4 is 22.8 Å². The lowest BCUT2D eigenvalue weighted by Gasteiger charge is -2.19. The zero-order chi connectivity index (χ0) is 26.9. The molecule has 3 aromatic carbocycles. The first kappa shape index (κ1) is 28.7. The summed E-state index contributed by atoms with van der Waals surface area (Å²) >= 11 is 0. The van der Waals surface area contributed by atoms with Crippen molar-refractivity contribution in [2.24, 2.45) is 0 Å². The van der Waals surface area contributed by atoms with Gasteiger partial charge in [0, 0.05) is 17.5 Å². The number of rotatable bonds is 8.